The number of carbonyl (C=O) groups excluding carboxylic acids is 2. The second-order valence-corrected chi connectivity index (χ2v) is 5.82. The SMILES string of the molecule is O=C(NC1CCCC1)c1cncc(C(=O)N2CCOCC2)c1. The smallest absolute Gasteiger partial charge is 0.255 e. The second kappa shape index (κ2) is 6.87. The summed E-state index contributed by atoms with van der Waals surface area (Å²) in [5.74, 6) is -0.234. The van der Waals surface area contributed by atoms with E-state index in [4.69, 9.17) is 4.74 Å². The van der Waals surface area contributed by atoms with Crippen molar-refractivity contribution in [2.75, 3.05) is 26.3 Å². The van der Waals surface area contributed by atoms with Crippen LogP contribution in [0.2, 0.25) is 0 Å². The molecule has 0 unspecified atom stereocenters. The maximum Gasteiger partial charge on any atom is 0.255 e. The molecule has 0 bridgehead atoms. The van der Waals surface area contributed by atoms with Crippen LogP contribution in [0.15, 0.2) is 18.5 Å². The van der Waals surface area contributed by atoms with E-state index in [-0.39, 0.29) is 17.9 Å². The first-order valence-corrected chi connectivity index (χ1v) is 7.87. The van der Waals surface area contributed by atoms with Crippen LogP contribution in [0.25, 0.3) is 0 Å². The van der Waals surface area contributed by atoms with Crippen LogP contribution in [0.1, 0.15) is 46.4 Å². The molecule has 6 heteroatoms. The standard InChI is InChI=1S/C16H21N3O3/c20-15(18-14-3-1-2-4-14)12-9-13(11-17-10-12)16(21)19-5-7-22-8-6-19/h9-11,14H,1-8H2,(H,18,20). The molecule has 1 aliphatic heterocycles. The Kier molecular flexibility index (Phi) is 4.68. The van der Waals surface area contributed by atoms with Gasteiger partial charge in [-0.15, -0.1) is 0 Å². The van der Waals surface area contributed by atoms with Crippen LogP contribution in [0.3, 0.4) is 0 Å². The Balaban J connectivity index is 1.68. The maximum atomic E-state index is 12.4. The number of aromatic nitrogens is 1. The molecule has 2 aliphatic rings. The van der Waals surface area contributed by atoms with E-state index in [9.17, 15) is 9.59 Å². The highest BCUT2D eigenvalue weighted by molar-refractivity contribution is 5.99. The molecule has 1 saturated carbocycles. The fourth-order valence-corrected chi connectivity index (χ4v) is 2.97. The number of hydrogen-bond acceptors (Lipinski definition) is 4. The summed E-state index contributed by atoms with van der Waals surface area (Å²) in [6.07, 6.45) is 7.43. The van der Waals surface area contributed by atoms with Gasteiger partial charge in [-0.25, -0.2) is 0 Å². The van der Waals surface area contributed by atoms with Crippen molar-refractivity contribution in [2.24, 2.45) is 0 Å². The first-order valence-electron chi connectivity index (χ1n) is 7.87. The van der Waals surface area contributed by atoms with E-state index < -0.39 is 0 Å². The molecule has 2 amide bonds. The number of hydrogen-bond donors (Lipinski definition) is 1. The second-order valence-electron chi connectivity index (χ2n) is 5.82. The van der Waals surface area contributed by atoms with Gasteiger partial charge in [0.25, 0.3) is 11.8 Å². The lowest BCUT2D eigenvalue weighted by molar-refractivity contribution is 0.0302. The summed E-state index contributed by atoms with van der Waals surface area (Å²) in [7, 11) is 0. The molecule has 1 aromatic heterocycles. The number of ether oxygens (including phenoxy) is 1. The van der Waals surface area contributed by atoms with E-state index in [1.54, 1.807) is 11.0 Å². The molecule has 6 nitrogen and oxygen atoms in total. The molecular formula is C16H21N3O3. The molecule has 2 fully saturated rings. The molecule has 3 rings (SSSR count). The maximum absolute atomic E-state index is 12.4. The molecule has 2 heterocycles. The van der Waals surface area contributed by atoms with E-state index in [0.717, 1.165) is 12.8 Å². The van der Waals surface area contributed by atoms with Gasteiger partial charge in [-0.3, -0.25) is 14.6 Å². The number of rotatable bonds is 3. The first kappa shape index (κ1) is 15.0. The number of pyridine rings is 1. The van der Waals surface area contributed by atoms with E-state index in [1.165, 1.54) is 25.2 Å². The predicted octanol–water partition coefficient (Wildman–Crippen LogP) is 1.23. The van der Waals surface area contributed by atoms with Crippen molar-refractivity contribution in [1.29, 1.82) is 0 Å². The Morgan fingerprint density at radius 3 is 2.55 bits per heavy atom. The first-order chi connectivity index (χ1) is 10.7. The average Bonchev–Trinajstić information content (AvgIpc) is 3.08. The Morgan fingerprint density at radius 1 is 1.14 bits per heavy atom. The summed E-state index contributed by atoms with van der Waals surface area (Å²) < 4.78 is 5.25. The van der Waals surface area contributed by atoms with Crippen LogP contribution in [0.4, 0.5) is 0 Å². The normalized spacial score (nSPS) is 19.2. The minimum atomic E-state index is -0.143. The van der Waals surface area contributed by atoms with Crippen LogP contribution in [-0.4, -0.2) is 54.0 Å². The number of carbonyl (C=O) groups is 2. The molecule has 0 spiro atoms. The number of nitrogens with one attached hydrogen (secondary N) is 1. The van der Waals surface area contributed by atoms with Crippen LogP contribution in [0.5, 0.6) is 0 Å². The number of amides is 2. The van der Waals surface area contributed by atoms with Gasteiger partial charge in [0, 0.05) is 31.5 Å². The fraction of sp³-hybridized carbons (Fsp3) is 0.562. The molecule has 0 aromatic carbocycles. The largest absolute Gasteiger partial charge is 0.378 e. The van der Waals surface area contributed by atoms with E-state index in [1.807, 2.05) is 0 Å². The summed E-state index contributed by atoms with van der Waals surface area (Å²) in [6.45, 7) is 2.27. The highest BCUT2D eigenvalue weighted by Gasteiger charge is 2.21. The van der Waals surface area contributed by atoms with Gasteiger partial charge in [0.15, 0.2) is 0 Å². The van der Waals surface area contributed by atoms with E-state index in [2.05, 4.69) is 10.3 Å². The number of morpholine rings is 1. The van der Waals surface area contributed by atoms with Crippen LogP contribution < -0.4 is 5.32 Å². The molecule has 1 N–H and O–H groups in total. The van der Waals surface area contributed by atoms with Crippen LogP contribution in [0, 0.1) is 0 Å². The molecule has 0 atom stereocenters. The Labute approximate surface area is 129 Å². The lowest BCUT2D eigenvalue weighted by atomic mass is 10.1. The molecule has 0 radical (unpaired) electrons. The minimum absolute atomic E-state index is 0.0914. The van der Waals surface area contributed by atoms with Crippen molar-refractivity contribution in [3.63, 3.8) is 0 Å². The molecule has 118 valence electrons. The monoisotopic (exact) mass is 303 g/mol. The summed E-state index contributed by atoms with van der Waals surface area (Å²) in [5, 5.41) is 3.02. The van der Waals surface area contributed by atoms with Gasteiger partial charge in [-0.1, -0.05) is 12.8 Å². The third kappa shape index (κ3) is 3.44. The molecule has 1 aromatic rings. The highest BCUT2D eigenvalue weighted by atomic mass is 16.5. The minimum Gasteiger partial charge on any atom is -0.378 e. The van der Waals surface area contributed by atoms with Gasteiger partial charge in [0.2, 0.25) is 0 Å². The van der Waals surface area contributed by atoms with Gasteiger partial charge < -0.3 is 15.0 Å². The third-order valence-electron chi connectivity index (χ3n) is 4.24. The quantitative estimate of drug-likeness (QED) is 0.911. The van der Waals surface area contributed by atoms with Crippen molar-refractivity contribution in [1.82, 2.24) is 15.2 Å². The van der Waals surface area contributed by atoms with Crippen molar-refractivity contribution >= 4 is 11.8 Å². The Bertz CT molecular complexity index is 549. The zero-order valence-corrected chi connectivity index (χ0v) is 12.6. The lowest BCUT2D eigenvalue weighted by Crippen LogP contribution is -2.40. The Morgan fingerprint density at radius 2 is 1.82 bits per heavy atom. The van der Waals surface area contributed by atoms with Crippen molar-refractivity contribution in [3.8, 4) is 0 Å². The predicted molar refractivity (Wildman–Crippen MR) is 80.7 cm³/mol. The summed E-state index contributed by atoms with van der Waals surface area (Å²) in [4.78, 5) is 30.5. The Hall–Kier alpha value is -1.95. The van der Waals surface area contributed by atoms with Crippen LogP contribution >= 0.6 is 0 Å². The van der Waals surface area contributed by atoms with E-state index in [0.29, 0.717) is 37.4 Å². The summed E-state index contributed by atoms with van der Waals surface area (Å²) >= 11 is 0. The zero-order chi connectivity index (χ0) is 15.4. The van der Waals surface area contributed by atoms with Gasteiger partial charge >= 0.3 is 0 Å². The molecule has 22 heavy (non-hydrogen) atoms. The summed E-state index contributed by atoms with van der Waals surface area (Å²) in [6, 6.07) is 1.89. The summed E-state index contributed by atoms with van der Waals surface area (Å²) in [5.41, 5.74) is 0.909. The molecular weight excluding hydrogens is 282 g/mol. The number of nitrogens with zero attached hydrogens (tertiary/aromatic N) is 2. The van der Waals surface area contributed by atoms with Gasteiger partial charge in [-0.05, 0) is 18.9 Å². The molecule has 1 aliphatic carbocycles. The van der Waals surface area contributed by atoms with Crippen molar-refractivity contribution in [2.45, 2.75) is 31.7 Å². The topological polar surface area (TPSA) is 71.5 Å². The highest BCUT2D eigenvalue weighted by Crippen LogP contribution is 2.18. The van der Waals surface area contributed by atoms with Gasteiger partial charge in [-0.2, -0.15) is 0 Å². The lowest BCUT2D eigenvalue weighted by Gasteiger charge is -2.26. The van der Waals surface area contributed by atoms with Crippen molar-refractivity contribution < 1.29 is 14.3 Å². The fourth-order valence-electron chi connectivity index (χ4n) is 2.97. The van der Waals surface area contributed by atoms with Crippen LogP contribution in [-0.2, 0) is 4.74 Å². The average molecular weight is 303 g/mol. The third-order valence-corrected chi connectivity index (χ3v) is 4.24. The van der Waals surface area contributed by atoms with Gasteiger partial charge in [0.1, 0.15) is 0 Å². The van der Waals surface area contributed by atoms with Crippen molar-refractivity contribution in [3.05, 3.63) is 29.6 Å². The molecule has 1 saturated heterocycles. The van der Waals surface area contributed by atoms with Gasteiger partial charge in [0.05, 0.1) is 24.3 Å². The zero-order valence-electron chi connectivity index (χ0n) is 12.6. The van der Waals surface area contributed by atoms with E-state index >= 15 is 0 Å².